The molecule has 184 valence electrons. The monoisotopic (exact) mass is 489 g/mol. The van der Waals surface area contributed by atoms with Gasteiger partial charge in [-0.1, -0.05) is 12.1 Å². The molecule has 5 atom stereocenters. The van der Waals surface area contributed by atoms with Crippen LogP contribution in [-0.4, -0.2) is 52.8 Å². The number of ether oxygens (including phenoxy) is 2. The zero-order valence-electron chi connectivity index (χ0n) is 19.9. The smallest absolute Gasteiger partial charge is 0.311 e. The highest BCUT2D eigenvalue weighted by molar-refractivity contribution is 7.99. The van der Waals surface area contributed by atoms with Crippen molar-refractivity contribution in [1.29, 1.82) is 0 Å². The number of hydrogen-bond donors (Lipinski definition) is 3. The molecule has 0 spiro atoms. The van der Waals surface area contributed by atoms with E-state index in [1.165, 1.54) is 12.1 Å². The molecule has 2 aromatic rings. The summed E-state index contributed by atoms with van der Waals surface area (Å²) in [5, 5.41) is 23.3. The lowest BCUT2D eigenvalue weighted by Crippen LogP contribution is -2.46. The molecule has 1 aliphatic carbocycles. The molecule has 34 heavy (non-hydrogen) atoms. The number of β-amino-alcohol motifs (C(OH)–C–C–N with tert-alkyl or cyclic N) is 1. The highest BCUT2D eigenvalue weighted by atomic mass is 32.2. The molecule has 4 rings (SSSR count). The van der Waals surface area contributed by atoms with Gasteiger partial charge in [0.2, 0.25) is 0 Å². The van der Waals surface area contributed by atoms with Gasteiger partial charge in [-0.15, -0.1) is 11.8 Å². The number of carboxylic acid groups (broad SMARTS) is 1. The van der Waals surface area contributed by atoms with Crippen LogP contribution in [0.1, 0.15) is 49.5 Å². The fourth-order valence-electron chi connectivity index (χ4n) is 4.43. The lowest BCUT2D eigenvalue weighted by Gasteiger charge is -2.28. The van der Waals surface area contributed by atoms with Gasteiger partial charge in [-0.05, 0) is 63.1 Å². The quantitative estimate of drug-likeness (QED) is 0.406. The number of nitrogens with one attached hydrogen (secondary N) is 1. The molecule has 1 saturated carbocycles. The zero-order valence-corrected chi connectivity index (χ0v) is 20.7. The first-order valence-corrected chi connectivity index (χ1v) is 12.5. The lowest BCUT2D eigenvalue weighted by molar-refractivity contribution is -0.139. The Hall–Kier alpha value is -2.13. The third-order valence-corrected chi connectivity index (χ3v) is 7.93. The van der Waals surface area contributed by atoms with Crippen molar-refractivity contribution in [2.75, 3.05) is 18.9 Å². The number of hydrogen-bond acceptors (Lipinski definition) is 6. The largest absolute Gasteiger partial charge is 0.488 e. The molecular weight excluding hydrogens is 457 g/mol. The van der Waals surface area contributed by atoms with Crippen LogP contribution in [0.3, 0.4) is 0 Å². The second kappa shape index (κ2) is 9.85. The van der Waals surface area contributed by atoms with Crippen molar-refractivity contribution in [2.45, 2.75) is 62.4 Å². The Kier molecular flexibility index (Phi) is 7.24. The van der Waals surface area contributed by atoms with Crippen LogP contribution in [0.2, 0.25) is 0 Å². The molecule has 2 aromatic carbocycles. The Morgan fingerprint density at radius 3 is 2.65 bits per heavy atom. The summed E-state index contributed by atoms with van der Waals surface area (Å²) in [5.41, 5.74) is 2.62. The maximum atomic E-state index is 13.1. The summed E-state index contributed by atoms with van der Waals surface area (Å²) >= 11 is 1.63. The minimum atomic E-state index is -0.830. The van der Waals surface area contributed by atoms with Gasteiger partial charge in [-0.25, -0.2) is 4.39 Å². The Morgan fingerprint density at radius 1 is 1.26 bits per heavy atom. The van der Waals surface area contributed by atoms with E-state index in [1.807, 2.05) is 26.0 Å². The average Bonchev–Trinajstić information content (AvgIpc) is 3.38. The first-order chi connectivity index (χ1) is 16.1. The van der Waals surface area contributed by atoms with E-state index in [4.69, 9.17) is 9.47 Å². The first kappa shape index (κ1) is 25.0. The summed E-state index contributed by atoms with van der Waals surface area (Å²) in [6, 6.07) is 10.4. The van der Waals surface area contributed by atoms with E-state index in [1.54, 1.807) is 23.9 Å². The number of carboxylic acids is 1. The molecule has 1 aliphatic heterocycles. The van der Waals surface area contributed by atoms with Crippen LogP contribution in [0, 0.1) is 18.7 Å². The number of fused-ring (bicyclic) bond motifs is 3. The molecule has 8 heteroatoms. The standard InChI is InChI=1S/C26H32FNO5S/c1-14-5-10-19(20-21-22(25(30)31)24(21)33-23(14)20)15(2)32-12-17(29)11-28-26(3,4)13-34-18-8-6-16(27)7-9-18/h5-10,15,17,21-22,24,28-29H,11-13H2,1-4H3,(H,30,31)/t15-,17-,21+,22+,24+/m1/s1. The Bertz CT molecular complexity index is 1040. The van der Waals surface area contributed by atoms with E-state index in [0.717, 1.165) is 33.1 Å². The van der Waals surface area contributed by atoms with Gasteiger partial charge >= 0.3 is 5.97 Å². The zero-order chi connectivity index (χ0) is 24.6. The maximum absolute atomic E-state index is 13.1. The van der Waals surface area contributed by atoms with Crippen LogP contribution >= 0.6 is 11.8 Å². The summed E-state index contributed by atoms with van der Waals surface area (Å²) < 4.78 is 25.0. The van der Waals surface area contributed by atoms with E-state index in [0.29, 0.717) is 6.54 Å². The van der Waals surface area contributed by atoms with Crippen LogP contribution in [0.15, 0.2) is 41.3 Å². The van der Waals surface area contributed by atoms with Gasteiger partial charge in [0.15, 0.2) is 0 Å². The second-order valence-corrected chi connectivity index (χ2v) is 10.9. The summed E-state index contributed by atoms with van der Waals surface area (Å²) in [5.74, 6) is -0.164. The lowest BCUT2D eigenvalue weighted by atomic mass is 9.95. The average molecular weight is 490 g/mol. The van der Waals surface area contributed by atoms with E-state index < -0.39 is 18.0 Å². The van der Waals surface area contributed by atoms with E-state index in [2.05, 4.69) is 19.2 Å². The number of rotatable bonds is 11. The molecule has 0 unspecified atom stereocenters. The highest BCUT2D eigenvalue weighted by Crippen LogP contribution is 2.61. The van der Waals surface area contributed by atoms with Gasteiger partial charge in [0.1, 0.15) is 23.6 Å². The van der Waals surface area contributed by atoms with Crippen molar-refractivity contribution in [2.24, 2.45) is 5.92 Å². The molecule has 0 bridgehead atoms. The SMILES string of the molecule is Cc1ccc([C@@H](C)OC[C@H](O)CNC(C)(C)CSc2ccc(F)cc2)c2c1O[C@@H]1[C@@H](C(=O)O)[C@H]21. The maximum Gasteiger partial charge on any atom is 0.311 e. The van der Waals surface area contributed by atoms with Crippen LogP contribution in [0.4, 0.5) is 4.39 Å². The van der Waals surface area contributed by atoms with Crippen LogP contribution in [0.5, 0.6) is 5.75 Å². The fourth-order valence-corrected chi connectivity index (χ4v) is 5.38. The Morgan fingerprint density at radius 2 is 1.97 bits per heavy atom. The normalized spacial score (nSPS) is 22.5. The number of halogens is 1. The van der Waals surface area contributed by atoms with Crippen molar-refractivity contribution in [3.8, 4) is 5.75 Å². The van der Waals surface area contributed by atoms with E-state index in [-0.39, 0.29) is 36.1 Å². The number of benzene rings is 2. The molecule has 0 aromatic heterocycles. The summed E-state index contributed by atoms with van der Waals surface area (Å²) in [6.07, 6.45) is -1.29. The summed E-state index contributed by atoms with van der Waals surface area (Å²) in [6.45, 7) is 8.50. The number of thioether (sulfide) groups is 1. The van der Waals surface area contributed by atoms with Crippen LogP contribution in [-0.2, 0) is 9.53 Å². The predicted molar refractivity (Wildman–Crippen MR) is 129 cm³/mol. The molecule has 0 radical (unpaired) electrons. The summed E-state index contributed by atoms with van der Waals surface area (Å²) in [4.78, 5) is 12.5. The fraction of sp³-hybridized carbons (Fsp3) is 0.500. The van der Waals surface area contributed by atoms with Crippen LogP contribution in [0.25, 0.3) is 0 Å². The topological polar surface area (TPSA) is 88.0 Å². The van der Waals surface area contributed by atoms with E-state index in [9.17, 15) is 19.4 Å². The van der Waals surface area contributed by atoms with Gasteiger partial charge < -0.3 is 25.0 Å². The molecular formula is C26H32FNO5S. The van der Waals surface area contributed by atoms with Gasteiger partial charge in [-0.3, -0.25) is 4.79 Å². The number of aliphatic carboxylic acids is 1. The minimum Gasteiger partial charge on any atom is -0.488 e. The predicted octanol–water partition coefficient (Wildman–Crippen LogP) is 4.29. The van der Waals surface area contributed by atoms with E-state index >= 15 is 0 Å². The molecule has 1 heterocycles. The van der Waals surface area contributed by atoms with Crippen molar-refractivity contribution >= 4 is 17.7 Å². The van der Waals surface area contributed by atoms with Crippen molar-refractivity contribution in [1.82, 2.24) is 5.32 Å². The number of aliphatic hydroxyl groups excluding tert-OH is 1. The van der Waals surface area contributed by atoms with Crippen molar-refractivity contribution in [3.63, 3.8) is 0 Å². The van der Waals surface area contributed by atoms with Gasteiger partial charge in [-0.2, -0.15) is 0 Å². The Balaban J connectivity index is 1.28. The molecule has 0 saturated heterocycles. The third-order valence-electron chi connectivity index (χ3n) is 6.46. The van der Waals surface area contributed by atoms with Crippen molar-refractivity contribution < 1.29 is 28.9 Å². The highest BCUT2D eigenvalue weighted by Gasteiger charge is 2.64. The number of carbonyl (C=O) groups is 1. The molecule has 6 nitrogen and oxygen atoms in total. The molecule has 2 aliphatic rings. The number of aliphatic hydroxyl groups is 1. The van der Waals surface area contributed by atoms with Gasteiger partial charge in [0.25, 0.3) is 0 Å². The minimum absolute atomic E-state index is 0.126. The Labute approximate surface area is 203 Å². The van der Waals surface area contributed by atoms with Crippen molar-refractivity contribution in [3.05, 3.63) is 58.9 Å². The second-order valence-electron chi connectivity index (χ2n) is 9.82. The van der Waals surface area contributed by atoms with Gasteiger partial charge in [0, 0.05) is 34.2 Å². The third kappa shape index (κ3) is 5.40. The summed E-state index contributed by atoms with van der Waals surface area (Å²) in [7, 11) is 0. The van der Waals surface area contributed by atoms with Crippen LogP contribution < -0.4 is 10.1 Å². The molecule has 3 N–H and O–H groups in total. The first-order valence-electron chi connectivity index (χ1n) is 11.5. The molecule has 1 fully saturated rings. The van der Waals surface area contributed by atoms with Gasteiger partial charge in [0.05, 0.1) is 18.8 Å². The number of aryl methyl sites for hydroxylation is 1. The molecule has 0 amide bonds.